The van der Waals surface area contributed by atoms with E-state index >= 15 is 4.39 Å². The number of fused-ring (bicyclic) bond motifs is 5. The molecule has 1 aromatic carbocycles. The van der Waals surface area contributed by atoms with Gasteiger partial charge in [-0.15, -0.1) is 0 Å². The van der Waals surface area contributed by atoms with Crippen LogP contribution in [0.1, 0.15) is 78.5 Å². The van der Waals surface area contributed by atoms with E-state index in [0.717, 1.165) is 34.9 Å². The molecule has 1 fully saturated rings. The van der Waals surface area contributed by atoms with Crippen molar-refractivity contribution in [3.05, 3.63) is 61.7 Å². The van der Waals surface area contributed by atoms with Crippen LogP contribution in [0.2, 0.25) is 0 Å². The van der Waals surface area contributed by atoms with Crippen molar-refractivity contribution < 1.29 is 28.9 Å². The molecule has 4 heterocycles. The number of amides is 1. The SMILES string of the molecule is Cc1c(F)cc2nc3c(c4c2c1CC[C@@H]4NC(=O)C[C@H](C)O)Cn1c-3cc2c(c1=O)COC(=O)[C@]2(O)CC1CC1. The second kappa shape index (κ2) is 8.68. The zero-order valence-corrected chi connectivity index (χ0v) is 22.3. The molecule has 7 rings (SSSR count). The fraction of sp³-hybridized carbons (Fsp3) is 0.467. The van der Waals surface area contributed by atoms with Gasteiger partial charge in [-0.2, -0.15) is 0 Å². The van der Waals surface area contributed by atoms with Gasteiger partial charge in [-0.3, -0.25) is 9.59 Å². The van der Waals surface area contributed by atoms with E-state index in [1.807, 2.05) is 0 Å². The number of benzene rings is 1. The third-order valence-corrected chi connectivity index (χ3v) is 8.96. The molecule has 1 amide bonds. The summed E-state index contributed by atoms with van der Waals surface area (Å²) in [6, 6.07) is 2.64. The average molecular weight is 548 g/mol. The first-order chi connectivity index (χ1) is 19.1. The highest BCUT2D eigenvalue weighted by atomic mass is 19.1. The molecule has 3 atom stereocenters. The summed E-state index contributed by atoms with van der Waals surface area (Å²) in [5, 5.41) is 25.1. The van der Waals surface area contributed by atoms with E-state index in [0.29, 0.717) is 35.3 Å². The highest BCUT2D eigenvalue weighted by Gasteiger charge is 2.49. The molecule has 2 aliphatic heterocycles. The molecule has 208 valence electrons. The van der Waals surface area contributed by atoms with Gasteiger partial charge in [0.15, 0.2) is 5.60 Å². The molecular formula is C30H30FN3O6. The number of aliphatic hydroxyl groups is 2. The number of cyclic esters (lactones) is 1. The van der Waals surface area contributed by atoms with Crippen molar-refractivity contribution >= 4 is 22.8 Å². The monoisotopic (exact) mass is 547 g/mol. The fourth-order valence-electron chi connectivity index (χ4n) is 6.82. The van der Waals surface area contributed by atoms with Crippen molar-refractivity contribution in [1.29, 1.82) is 0 Å². The van der Waals surface area contributed by atoms with Gasteiger partial charge in [-0.1, -0.05) is 12.8 Å². The number of aromatic nitrogens is 2. The van der Waals surface area contributed by atoms with Gasteiger partial charge in [0, 0.05) is 22.6 Å². The molecule has 4 aliphatic rings. The number of nitrogens with zero attached hydrogens (tertiary/aromatic N) is 2. The van der Waals surface area contributed by atoms with E-state index < -0.39 is 23.7 Å². The predicted molar refractivity (Wildman–Crippen MR) is 142 cm³/mol. The van der Waals surface area contributed by atoms with Crippen molar-refractivity contribution in [2.75, 3.05) is 0 Å². The Bertz CT molecular complexity index is 1710. The molecule has 9 nitrogen and oxygen atoms in total. The van der Waals surface area contributed by atoms with Crippen LogP contribution in [0.5, 0.6) is 0 Å². The average Bonchev–Trinajstić information content (AvgIpc) is 3.63. The predicted octanol–water partition coefficient (Wildman–Crippen LogP) is 2.79. The summed E-state index contributed by atoms with van der Waals surface area (Å²) < 4.78 is 21.9. The maximum atomic E-state index is 15.0. The second-order valence-electron chi connectivity index (χ2n) is 11.8. The number of hydrogen-bond donors (Lipinski definition) is 3. The van der Waals surface area contributed by atoms with Gasteiger partial charge in [-0.05, 0) is 61.8 Å². The number of hydrogen-bond acceptors (Lipinski definition) is 7. The van der Waals surface area contributed by atoms with E-state index in [1.54, 1.807) is 24.5 Å². The zero-order chi connectivity index (χ0) is 28.1. The van der Waals surface area contributed by atoms with E-state index in [4.69, 9.17) is 9.72 Å². The first-order valence-corrected chi connectivity index (χ1v) is 13.9. The molecule has 2 aliphatic carbocycles. The lowest BCUT2D eigenvalue weighted by atomic mass is 9.81. The minimum absolute atomic E-state index is 0.0533. The number of esters is 1. The minimum Gasteiger partial charge on any atom is -0.458 e. The molecule has 3 N–H and O–H groups in total. The van der Waals surface area contributed by atoms with Gasteiger partial charge >= 0.3 is 5.97 Å². The van der Waals surface area contributed by atoms with Crippen LogP contribution in [0, 0.1) is 18.7 Å². The molecule has 1 saturated carbocycles. The lowest BCUT2D eigenvalue weighted by molar-refractivity contribution is -0.173. The largest absolute Gasteiger partial charge is 0.458 e. The van der Waals surface area contributed by atoms with Gasteiger partial charge in [0.2, 0.25) is 5.91 Å². The Morgan fingerprint density at radius 1 is 1.25 bits per heavy atom. The normalized spacial score (nSPS) is 23.3. The number of pyridine rings is 2. The number of carbonyl (C=O) groups is 2. The fourth-order valence-corrected chi connectivity index (χ4v) is 6.82. The van der Waals surface area contributed by atoms with Crippen molar-refractivity contribution in [2.24, 2.45) is 5.92 Å². The highest BCUT2D eigenvalue weighted by Crippen LogP contribution is 2.47. The Morgan fingerprint density at radius 2 is 2.02 bits per heavy atom. The molecule has 0 saturated heterocycles. The molecule has 0 unspecified atom stereocenters. The summed E-state index contributed by atoms with van der Waals surface area (Å²) >= 11 is 0. The Balaban J connectivity index is 1.45. The second-order valence-corrected chi connectivity index (χ2v) is 11.8. The van der Waals surface area contributed by atoms with E-state index in [-0.39, 0.29) is 60.3 Å². The first kappa shape index (κ1) is 25.3. The van der Waals surface area contributed by atoms with Crippen LogP contribution in [0.15, 0.2) is 16.9 Å². The van der Waals surface area contributed by atoms with E-state index in [2.05, 4.69) is 5.32 Å². The standard InChI is InChI=1S/C30H30FN3O6/c1-13(35)7-24(36)32-21-6-5-16-14(2)20(31)9-22-25(16)26(21)17-11-34-23(27(17)33-22)8-19-18(28(34)37)12-40-29(38)30(19,39)10-15-3-4-15/h8-9,13,15,21,35,39H,3-7,10-12H2,1-2H3,(H,32,36)/t13-,21-,30-/m0/s1. The Hall–Kier alpha value is -3.63. The highest BCUT2D eigenvalue weighted by molar-refractivity contribution is 5.94. The van der Waals surface area contributed by atoms with Gasteiger partial charge in [0.1, 0.15) is 12.4 Å². The van der Waals surface area contributed by atoms with E-state index in [9.17, 15) is 24.6 Å². The third kappa shape index (κ3) is 3.65. The smallest absolute Gasteiger partial charge is 0.343 e. The van der Waals surface area contributed by atoms with Crippen LogP contribution in [0.25, 0.3) is 22.3 Å². The molecule has 40 heavy (non-hydrogen) atoms. The maximum Gasteiger partial charge on any atom is 0.343 e. The van der Waals surface area contributed by atoms with Crippen LogP contribution in [0.3, 0.4) is 0 Å². The summed E-state index contributed by atoms with van der Waals surface area (Å²) in [5.74, 6) is -1.24. The number of ether oxygens (including phenoxy) is 1. The number of rotatable bonds is 5. The Morgan fingerprint density at radius 3 is 2.75 bits per heavy atom. The van der Waals surface area contributed by atoms with Gasteiger partial charge < -0.3 is 24.8 Å². The third-order valence-electron chi connectivity index (χ3n) is 8.96. The zero-order valence-electron chi connectivity index (χ0n) is 22.3. The summed E-state index contributed by atoms with van der Waals surface area (Å²) in [6.45, 7) is 3.25. The van der Waals surface area contributed by atoms with Crippen LogP contribution < -0.4 is 10.9 Å². The van der Waals surface area contributed by atoms with Crippen molar-refractivity contribution in [1.82, 2.24) is 14.9 Å². The number of aryl methyl sites for hydroxylation is 1. The Kier molecular flexibility index (Phi) is 5.50. The maximum absolute atomic E-state index is 15.0. The Labute approximate surface area is 229 Å². The lowest BCUT2D eigenvalue weighted by Crippen LogP contribution is -2.45. The summed E-state index contributed by atoms with van der Waals surface area (Å²) in [5.41, 5.74) is 2.49. The molecule has 2 aromatic heterocycles. The number of carbonyl (C=O) groups excluding carboxylic acids is 2. The molecule has 3 aromatic rings. The minimum atomic E-state index is -1.91. The number of halogens is 1. The lowest BCUT2D eigenvalue weighted by Gasteiger charge is -2.32. The van der Waals surface area contributed by atoms with Crippen molar-refractivity contribution in [3.8, 4) is 11.4 Å². The van der Waals surface area contributed by atoms with Crippen LogP contribution in [0.4, 0.5) is 4.39 Å². The van der Waals surface area contributed by atoms with E-state index in [1.165, 1.54) is 6.07 Å². The summed E-state index contributed by atoms with van der Waals surface area (Å²) in [7, 11) is 0. The molecular weight excluding hydrogens is 517 g/mol. The van der Waals surface area contributed by atoms with Gasteiger partial charge in [-0.25, -0.2) is 14.2 Å². The number of nitrogens with one attached hydrogen (secondary N) is 1. The van der Waals surface area contributed by atoms with Gasteiger partial charge in [0.25, 0.3) is 5.56 Å². The summed E-state index contributed by atoms with van der Waals surface area (Å²) in [6.07, 6.45) is 2.22. The van der Waals surface area contributed by atoms with Crippen LogP contribution in [-0.4, -0.2) is 37.7 Å². The van der Waals surface area contributed by atoms with Crippen molar-refractivity contribution in [3.63, 3.8) is 0 Å². The van der Waals surface area contributed by atoms with Crippen LogP contribution >= 0.6 is 0 Å². The summed E-state index contributed by atoms with van der Waals surface area (Å²) in [4.78, 5) is 44.2. The molecule has 0 spiro atoms. The quantitative estimate of drug-likeness (QED) is 0.328. The number of aliphatic hydroxyl groups excluding tert-OH is 1. The molecule has 0 radical (unpaired) electrons. The topological polar surface area (TPSA) is 131 Å². The van der Waals surface area contributed by atoms with Gasteiger partial charge in [0.05, 0.1) is 47.6 Å². The first-order valence-electron chi connectivity index (χ1n) is 13.9. The molecule has 0 bridgehead atoms. The molecule has 10 heteroatoms. The van der Waals surface area contributed by atoms with Crippen molar-refractivity contribution in [2.45, 2.75) is 83.3 Å². The van der Waals surface area contributed by atoms with Crippen LogP contribution in [-0.2, 0) is 39.5 Å².